The Bertz CT molecular complexity index is 795. The number of nitrogens with zero attached hydrogens (tertiary/aromatic N) is 1. The largest absolute Gasteiger partial charge is 0.490 e. The first kappa shape index (κ1) is 19.1. The van der Waals surface area contributed by atoms with Gasteiger partial charge >= 0.3 is 0 Å². The molecule has 0 saturated heterocycles. The third-order valence-corrected chi connectivity index (χ3v) is 4.98. The summed E-state index contributed by atoms with van der Waals surface area (Å²) in [5.74, 6) is 1.35. The van der Waals surface area contributed by atoms with Gasteiger partial charge in [0, 0.05) is 6.07 Å². The molecular formula is C17H24N2O5S. The SMILES string of the molecule is CCCOc1ccc(NS(=O)(=O)c2c(C)noc2C)cc1OCCC. The monoisotopic (exact) mass is 368 g/mol. The number of aromatic nitrogens is 1. The molecular weight excluding hydrogens is 344 g/mol. The summed E-state index contributed by atoms with van der Waals surface area (Å²) in [5.41, 5.74) is 0.699. The van der Waals surface area contributed by atoms with Crippen LogP contribution in [0.15, 0.2) is 27.6 Å². The molecule has 2 aromatic rings. The van der Waals surface area contributed by atoms with Crippen molar-refractivity contribution in [1.82, 2.24) is 5.16 Å². The fraction of sp³-hybridized carbons (Fsp3) is 0.471. The van der Waals surface area contributed by atoms with Crippen LogP contribution in [0.5, 0.6) is 11.5 Å². The van der Waals surface area contributed by atoms with E-state index in [9.17, 15) is 8.42 Å². The average Bonchev–Trinajstić information content (AvgIpc) is 2.91. The average molecular weight is 368 g/mol. The number of hydrogen-bond donors (Lipinski definition) is 1. The highest BCUT2D eigenvalue weighted by molar-refractivity contribution is 7.92. The fourth-order valence-electron chi connectivity index (χ4n) is 2.29. The highest BCUT2D eigenvalue weighted by Crippen LogP contribution is 2.32. The van der Waals surface area contributed by atoms with Gasteiger partial charge in [-0.25, -0.2) is 8.42 Å². The van der Waals surface area contributed by atoms with Gasteiger partial charge in [-0.2, -0.15) is 0 Å². The molecule has 0 saturated carbocycles. The van der Waals surface area contributed by atoms with Gasteiger partial charge in [-0.3, -0.25) is 4.72 Å². The molecule has 0 atom stereocenters. The van der Waals surface area contributed by atoms with Crippen molar-refractivity contribution in [3.05, 3.63) is 29.7 Å². The molecule has 0 spiro atoms. The zero-order valence-electron chi connectivity index (χ0n) is 15.0. The van der Waals surface area contributed by atoms with Gasteiger partial charge in [0.05, 0.1) is 18.9 Å². The van der Waals surface area contributed by atoms with Gasteiger partial charge in [0.1, 0.15) is 5.69 Å². The standard InChI is InChI=1S/C17H24N2O5S/c1-5-9-22-15-8-7-14(11-16(15)23-10-6-2)19-25(20,21)17-12(3)18-24-13(17)4/h7-8,11,19H,5-6,9-10H2,1-4H3. The van der Waals surface area contributed by atoms with E-state index in [1.54, 1.807) is 32.0 Å². The van der Waals surface area contributed by atoms with Crippen LogP contribution in [0.1, 0.15) is 38.1 Å². The molecule has 1 heterocycles. The van der Waals surface area contributed by atoms with Crippen LogP contribution in [0.25, 0.3) is 0 Å². The molecule has 7 nitrogen and oxygen atoms in total. The predicted molar refractivity (Wildman–Crippen MR) is 94.8 cm³/mol. The summed E-state index contributed by atoms with van der Waals surface area (Å²) in [4.78, 5) is 0.0508. The Kier molecular flexibility index (Phi) is 6.30. The van der Waals surface area contributed by atoms with Gasteiger partial charge in [-0.1, -0.05) is 19.0 Å². The lowest BCUT2D eigenvalue weighted by molar-refractivity contribution is 0.268. The third kappa shape index (κ3) is 4.66. The van der Waals surface area contributed by atoms with Crippen molar-refractivity contribution < 1.29 is 22.4 Å². The minimum atomic E-state index is -3.80. The van der Waals surface area contributed by atoms with Gasteiger partial charge in [0.15, 0.2) is 22.2 Å². The van der Waals surface area contributed by atoms with Crippen LogP contribution in [0.2, 0.25) is 0 Å². The van der Waals surface area contributed by atoms with Crippen molar-refractivity contribution in [1.29, 1.82) is 0 Å². The maximum Gasteiger partial charge on any atom is 0.267 e. The van der Waals surface area contributed by atoms with Crippen molar-refractivity contribution in [2.45, 2.75) is 45.4 Å². The van der Waals surface area contributed by atoms with E-state index in [1.165, 1.54) is 0 Å². The van der Waals surface area contributed by atoms with Crippen LogP contribution in [0.4, 0.5) is 5.69 Å². The van der Waals surface area contributed by atoms with Crippen molar-refractivity contribution in [3.63, 3.8) is 0 Å². The number of nitrogens with one attached hydrogen (secondary N) is 1. The van der Waals surface area contributed by atoms with E-state index in [0.717, 1.165) is 12.8 Å². The molecule has 138 valence electrons. The first-order valence-electron chi connectivity index (χ1n) is 8.24. The number of hydrogen-bond acceptors (Lipinski definition) is 6. The molecule has 0 bridgehead atoms. The molecule has 0 amide bonds. The molecule has 0 aliphatic carbocycles. The minimum absolute atomic E-state index is 0.0508. The molecule has 2 rings (SSSR count). The van der Waals surface area contributed by atoms with E-state index in [1.807, 2.05) is 13.8 Å². The van der Waals surface area contributed by atoms with Crippen LogP contribution < -0.4 is 14.2 Å². The van der Waals surface area contributed by atoms with Crippen molar-refractivity contribution in [2.24, 2.45) is 0 Å². The van der Waals surface area contributed by atoms with Crippen molar-refractivity contribution in [2.75, 3.05) is 17.9 Å². The zero-order valence-corrected chi connectivity index (χ0v) is 15.8. The number of ether oxygens (including phenoxy) is 2. The van der Waals surface area contributed by atoms with Gasteiger partial charge in [-0.05, 0) is 38.8 Å². The molecule has 1 N–H and O–H groups in total. The smallest absolute Gasteiger partial charge is 0.267 e. The molecule has 1 aromatic heterocycles. The van der Waals surface area contributed by atoms with Crippen LogP contribution in [-0.4, -0.2) is 26.8 Å². The fourth-order valence-corrected chi connectivity index (χ4v) is 3.67. The van der Waals surface area contributed by atoms with Crippen LogP contribution >= 0.6 is 0 Å². The second-order valence-electron chi connectivity index (χ2n) is 5.62. The van der Waals surface area contributed by atoms with Crippen LogP contribution in [0.3, 0.4) is 0 Å². The van der Waals surface area contributed by atoms with E-state index in [0.29, 0.717) is 36.1 Å². The lowest BCUT2D eigenvalue weighted by Gasteiger charge is -2.14. The van der Waals surface area contributed by atoms with Gasteiger partial charge < -0.3 is 14.0 Å². The Morgan fingerprint density at radius 2 is 1.72 bits per heavy atom. The second-order valence-corrected chi connectivity index (χ2v) is 7.24. The van der Waals surface area contributed by atoms with Crippen LogP contribution in [0, 0.1) is 13.8 Å². The summed E-state index contributed by atoms with van der Waals surface area (Å²) in [5, 5.41) is 3.69. The first-order valence-corrected chi connectivity index (χ1v) is 9.72. The van der Waals surface area contributed by atoms with E-state index < -0.39 is 10.0 Å². The molecule has 1 aromatic carbocycles. The summed E-state index contributed by atoms with van der Waals surface area (Å²) >= 11 is 0. The van der Waals surface area contributed by atoms with E-state index in [-0.39, 0.29) is 10.7 Å². The van der Waals surface area contributed by atoms with Crippen LogP contribution in [-0.2, 0) is 10.0 Å². The van der Waals surface area contributed by atoms with Gasteiger partial charge in [0.25, 0.3) is 10.0 Å². The summed E-state index contributed by atoms with van der Waals surface area (Å²) in [6, 6.07) is 4.96. The summed E-state index contributed by atoms with van der Waals surface area (Å²) in [6.45, 7) is 8.24. The van der Waals surface area contributed by atoms with Gasteiger partial charge in [-0.15, -0.1) is 0 Å². The summed E-state index contributed by atoms with van der Waals surface area (Å²) < 4.78 is 44.0. The quantitative estimate of drug-likeness (QED) is 0.726. The maximum atomic E-state index is 12.6. The normalized spacial score (nSPS) is 11.4. The highest BCUT2D eigenvalue weighted by atomic mass is 32.2. The number of benzene rings is 1. The molecule has 25 heavy (non-hydrogen) atoms. The molecule has 8 heteroatoms. The lowest BCUT2D eigenvalue weighted by atomic mass is 10.3. The Hall–Kier alpha value is -2.22. The van der Waals surface area contributed by atoms with Crippen molar-refractivity contribution >= 4 is 15.7 Å². The molecule has 0 aliphatic rings. The Morgan fingerprint density at radius 3 is 2.28 bits per heavy atom. The number of aryl methyl sites for hydroxylation is 2. The van der Waals surface area contributed by atoms with E-state index >= 15 is 0 Å². The summed E-state index contributed by atoms with van der Waals surface area (Å²) in [7, 11) is -3.80. The molecule has 0 unspecified atom stereocenters. The number of anilines is 1. The molecule has 0 aliphatic heterocycles. The van der Waals surface area contributed by atoms with Gasteiger partial charge in [0.2, 0.25) is 0 Å². The number of rotatable bonds is 9. The highest BCUT2D eigenvalue weighted by Gasteiger charge is 2.24. The molecule has 0 fully saturated rings. The Labute approximate surface area is 148 Å². The Morgan fingerprint density at radius 1 is 1.08 bits per heavy atom. The minimum Gasteiger partial charge on any atom is -0.490 e. The van der Waals surface area contributed by atoms with E-state index in [4.69, 9.17) is 14.0 Å². The number of sulfonamides is 1. The molecule has 0 radical (unpaired) electrons. The van der Waals surface area contributed by atoms with Crippen molar-refractivity contribution in [3.8, 4) is 11.5 Å². The second kappa shape index (κ2) is 8.24. The summed E-state index contributed by atoms with van der Waals surface area (Å²) in [6.07, 6.45) is 1.70. The zero-order chi connectivity index (χ0) is 18.4. The lowest BCUT2D eigenvalue weighted by Crippen LogP contribution is -2.14. The Balaban J connectivity index is 2.29. The van der Waals surface area contributed by atoms with E-state index in [2.05, 4.69) is 9.88 Å². The maximum absolute atomic E-state index is 12.6. The third-order valence-electron chi connectivity index (χ3n) is 3.36. The topological polar surface area (TPSA) is 90.7 Å². The predicted octanol–water partition coefficient (Wildman–Crippen LogP) is 3.67. The first-order chi connectivity index (χ1) is 11.9.